The normalized spacial score (nSPS) is 12.1. The summed E-state index contributed by atoms with van der Waals surface area (Å²) in [4.78, 5) is 0. The van der Waals surface area contributed by atoms with Crippen LogP contribution in [0.5, 0.6) is 0 Å². The lowest BCUT2D eigenvalue weighted by atomic mass is 9.85. The zero-order chi connectivity index (χ0) is 41.9. The number of rotatable bonds is 4. The molecule has 0 spiro atoms. The van der Waals surface area contributed by atoms with Gasteiger partial charge in [-0.3, -0.25) is 0 Å². The molecule has 0 radical (unpaired) electrons. The maximum atomic E-state index is 6.56. The van der Waals surface area contributed by atoms with Gasteiger partial charge in [0, 0.05) is 41.9 Å². The van der Waals surface area contributed by atoms with Gasteiger partial charge < -0.3 is 4.42 Å². The summed E-state index contributed by atoms with van der Waals surface area (Å²) >= 11 is 1.91. The van der Waals surface area contributed by atoms with Gasteiger partial charge in [-0.25, -0.2) is 0 Å². The summed E-state index contributed by atoms with van der Waals surface area (Å²) in [5.41, 5.74) is 11.9. The van der Waals surface area contributed by atoms with E-state index in [0.717, 1.165) is 27.3 Å². The first-order chi connectivity index (χ1) is 31.8. The number of fused-ring (bicyclic) bond motifs is 12. The van der Waals surface area contributed by atoms with E-state index >= 15 is 0 Å². The summed E-state index contributed by atoms with van der Waals surface area (Å²) < 4.78 is 9.17. The van der Waals surface area contributed by atoms with Crippen LogP contribution >= 0.6 is 11.3 Å². The van der Waals surface area contributed by atoms with E-state index < -0.39 is 0 Å². The van der Waals surface area contributed by atoms with Crippen molar-refractivity contribution in [1.82, 2.24) is 0 Å². The smallest absolute Gasteiger partial charge is 0.143 e. The van der Waals surface area contributed by atoms with Crippen LogP contribution in [0.15, 0.2) is 223 Å². The molecule has 0 N–H and O–H groups in total. The largest absolute Gasteiger partial charge is 0.455 e. The van der Waals surface area contributed by atoms with Crippen LogP contribution in [0.3, 0.4) is 0 Å². The molecular formula is C62H36OS. The van der Waals surface area contributed by atoms with Crippen molar-refractivity contribution in [2.75, 3.05) is 0 Å². The van der Waals surface area contributed by atoms with Gasteiger partial charge in [0.1, 0.15) is 11.2 Å². The Bertz CT molecular complexity index is 4130. The van der Waals surface area contributed by atoms with Crippen molar-refractivity contribution < 1.29 is 4.42 Å². The predicted octanol–water partition coefficient (Wildman–Crippen LogP) is 18.4. The van der Waals surface area contributed by atoms with Gasteiger partial charge in [0.25, 0.3) is 0 Å². The van der Waals surface area contributed by atoms with Gasteiger partial charge in [-0.05, 0) is 118 Å². The molecule has 2 aromatic heterocycles. The Balaban J connectivity index is 0.981. The van der Waals surface area contributed by atoms with Gasteiger partial charge in [-0.15, -0.1) is 11.3 Å². The molecule has 0 bridgehead atoms. The predicted molar refractivity (Wildman–Crippen MR) is 276 cm³/mol. The highest BCUT2D eigenvalue weighted by Gasteiger charge is 2.22. The molecular weight excluding hydrogens is 793 g/mol. The monoisotopic (exact) mass is 828 g/mol. The molecule has 1 nitrogen and oxygen atoms in total. The van der Waals surface area contributed by atoms with Crippen molar-refractivity contribution in [2.24, 2.45) is 0 Å². The minimum atomic E-state index is 0.908. The third-order valence-electron chi connectivity index (χ3n) is 13.6. The fourth-order valence-corrected chi connectivity index (χ4v) is 12.1. The molecule has 2 heteroatoms. The Morgan fingerprint density at radius 3 is 1.38 bits per heavy atom. The van der Waals surface area contributed by atoms with E-state index in [1.807, 2.05) is 11.3 Å². The molecule has 0 aliphatic rings. The molecule has 14 rings (SSSR count). The standard InChI is InChI=1S/C62H36OS/c1-2-16-38(17-3-1)57-46-23-10-12-25-48(46)60(49-26-13-11-24-47(49)57)52-28-14-27-51-54-36-40(31-34-56(54)64-62(51)52)59-44-21-8-6-19-42(44)58(43-20-7-9-22-45(43)59)39-30-33-55-53(35-39)50-32-29-37-15-4-5-18-41(37)61(50)63-55/h1-36H. The molecule has 12 aromatic carbocycles. The Kier molecular flexibility index (Phi) is 7.63. The third-order valence-corrected chi connectivity index (χ3v) is 14.9. The van der Waals surface area contributed by atoms with Crippen LogP contribution in [0.25, 0.3) is 140 Å². The molecule has 0 atom stereocenters. The van der Waals surface area contributed by atoms with Crippen LogP contribution < -0.4 is 0 Å². The van der Waals surface area contributed by atoms with Gasteiger partial charge in [-0.1, -0.05) is 188 Å². The summed E-state index contributed by atoms with van der Waals surface area (Å²) in [5, 5.41) is 17.3. The van der Waals surface area contributed by atoms with E-state index in [9.17, 15) is 0 Å². The van der Waals surface area contributed by atoms with Crippen LogP contribution in [0.1, 0.15) is 0 Å². The van der Waals surface area contributed by atoms with Crippen molar-refractivity contribution in [3.63, 3.8) is 0 Å². The number of thiophene rings is 1. The van der Waals surface area contributed by atoms with Crippen LogP contribution in [-0.2, 0) is 0 Å². The maximum absolute atomic E-state index is 6.56. The summed E-state index contributed by atoms with van der Waals surface area (Å²) in [5.74, 6) is 0. The minimum Gasteiger partial charge on any atom is -0.455 e. The summed E-state index contributed by atoms with van der Waals surface area (Å²) in [6.07, 6.45) is 0. The highest BCUT2D eigenvalue weighted by Crippen LogP contribution is 2.50. The molecule has 64 heavy (non-hydrogen) atoms. The van der Waals surface area contributed by atoms with Crippen LogP contribution in [0, 0.1) is 0 Å². The highest BCUT2D eigenvalue weighted by atomic mass is 32.1. The van der Waals surface area contributed by atoms with E-state index in [1.54, 1.807) is 0 Å². The quantitative estimate of drug-likeness (QED) is 0.161. The van der Waals surface area contributed by atoms with E-state index in [1.165, 1.54) is 113 Å². The summed E-state index contributed by atoms with van der Waals surface area (Å²) in [6, 6.07) is 80.4. The number of hydrogen-bond donors (Lipinski definition) is 0. The average Bonchev–Trinajstić information content (AvgIpc) is 3.93. The first-order valence-corrected chi connectivity index (χ1v) is 22.8. The molecule has 0 amide bonds. The second-order valence-corrected chi connectivity index (χ2v) is 18.1. The summed E-state index contributed by atoms with van der Waals surface area (Å²) in [6.45, 7) is 0. The average molecular weight is 829 g/mol. The SMILES string of the molecule is c1ccc(-c2c3ccccc3c(-c3cccc4c3sc3ccc(-c5c6ccccc6c(-c6ccc7oc8c9ccccc9ccc8c7c6)c6ccccc56)cc34)c3ccccc23)cc1. The highest BCUT2D eigenvalue weighted by molar-refractivity contribution is 7.26. The molecule has 0 unspecified atom stereocenters. The molecule has 0 fully saturated rings. The number of furan rings is 1. The van der Waals surface area contributed by atoms with E-state index in [4.69, 9.17) is 4.42 Å². The first-order valence-electron chi connectivity index (χ1n) is 22.0. The Labute approximate surface area is 372 Å². The second-order valence-electron chi connectivity index (χ2n) is 17.0. The molecule has 0 saturated carbocycles. The lowest BCUT2D eigenvalue weighted by molar-refractivity contribution is 0.672. The Morgan fingerprint density at radius 1 is 0.281 bits per heavy atom. The zero-order valence-corrected chi connectivity index (χ0v) is 35.4. The fourth-order valence-electron chi connectivity index (χ4n) is 10.9. The van der Waals surface area contributed by atoms with Crippen molar-refractivity contribution in [3.05, 3.63) is 218 Å². The zero-order valence-electron chi connectivity index (χ0n) is 34.6. The molecule has 0 saturated heterocycles. The van der Waals surface area contributed by atoms with E-state index in [-0.39, 0.29) is 0 Å². The molecule has 0 aliphatic heterocycles. The van der Waals surface area contributed by atoms with Gasteiger partial charge >= 0.3 is 0 Å². The van der Waals surface area contributed by atoms with Crippen LogP contribution in [0.4, 0.5) is 0 Å². The lowest BCUT2D eigenvalue weighted by Gasteiger charge is -2.18. The van der Waals surface area contributed by atoms with Crippen molar-refractivity contribution in [1.29, 1.82) is 0 Å². The Morgan fingerprint density at radius 2 is 0.766 bits per heavy atom. The molecule has 0 aliphatic carbocycles. The van der Waals surface area contributed by atoms with Crippen LogP contribution in [0.2, 0.25) is 0 Å². The second kappa shape index (κ2) is 13.7. The third kappa shape index (κ3) is 5.12. The first kappa shape index (κ1) is 35.5. The number of hydrogen-bond acceptors (Lipinski definition) is 2. The van der Waals surface area contributed by atoms with E-state index in [2.05, 4.69) is 218 Å². The Hall–Kier alpha value is -8.04. The van der Waals surface area contributed by atoms with Gasteiger partial charge in [-0.2, -0.15) is 0 Å². The lowest BCUT2D eigenvalue weighted by Crippen LogP contribution is -1.91. The van der Waals surface area contributed by atoms with Crippen molar-refractivity contribution in [3.8, 4) is 44.5 Å². The maximum Gasteiger partial charge on any atom is 0.143 e. The van der Waals surface area contributed by atoms with Crippen molar-refractivity contribution in [2.45, 2.75) is 0 Å². The number of benzene rings is 12. The van der Waals surface area contributed by atoms with Gasteiger partial charge in [0.15, 0.2) is 0 Å². The van der Waals surface area contributed by atoms with Crippen molar-refractivity contribution >= 4 is 107 Å². The fraction of sp³-hybridized carbons (Fsp3) is 0. The van der Waals surface area contributed by atoms with E-state index in [0.29, 0.717) is 0 Å². The summed E-state index contributed by atoms with van der Waals surface area (Å²) in [7, 11) is 0. The molecule has 14 aromatic rings. The van der Waals surface area contributed by atoms with Gasteiger partial charge in [0.05, 0.1) is 0 Å². The minimum absolute atomic E-state index is 0.908. The topological polar surface area (TPSA) is 13.1 Å². The van der Waals surface area contributed by atoms with Crippen LogP contribution in [-0.4, -0.2) is 0 Å². The van der Waals surface area contributed by atoms with Gasteiger partial charge in [0.2, 0.25) is 0 Å². The molecule has 296 valence electrons. The molecule has 2 heterocycles.